The van der Waals surface area contributed by atoms with E-state index in [1.54, 1.807) is 0 Å². The molecule has 2 atom stereocenters. The van der Waals surface area contributed by atoms with E-state index in [0.29, 0.717) is 5.78 Å². The van der Waals surface area contributed by atoms with Crippen LogP contribution in [0, 0.1) is 17.3 Å². The summed E-state index contributed by atoms with van der Waals surface area (Å²) < 4.78 is -0.193. The summed E-state index contributed by atoms with van der Waals surface area (Å²) in [5, 5.41) is 0. The van der Waals surface area contributed by atoms with Crippen molar-refractivity contribution in [3.63, 3.8) is 0 Å². The lowest BCUT2D eigenvalue weighted by Crippen LogP contribution is -2.46. The Balaban J connectivity index is 3.02. The largest absolute Gasteiger partial charge is 0.298 e. The topological polar surface area (TPSA) is 17.1 Å². The molecular weight excluding hydrogens is 359 g/mol. The third-order valence-corrected chi connectivity index (χ3v) is 7.46. The van der Waals surface area contributed by atoms with E-state index in [1.165, 1.54) is 32.1 Å². The van der Waals surface area contributed by atoms with Crippen LogP contribution in [0.5, 0.6) is 0 Å². The maximum Gasteiger partial charge on any atom is 0.151 e. The molecule has 1 fully saturated rings. The van der Waals surface area contributed by atoms with Crippen LogP contribution in [0.1, 0.15) is 86.0 Å². The van der Waals surface area contributed by atoms with Gasteiger partial charge in [0.25, 0.3) is 0 Å². The number of hydrogen-bond acceptors (Lipinski definition) is 1. The molecule has 20 heavy (non-hydrogen) atoms. The van der Waals surface area contributed by atoms with E-state index in [9.17, 15) is 4.79 Å². The van der Waals surface area contributed by atoms with Gasteiger partial charge < -0.3 is 0 Å². The van der Waals surface area contributed by atoms with Gasteiger partial charge in [0.2, 0.25) is 0 Å². The second-order valence-electron chi connectivity index (χ2n) is 6.91. The molecule has 0 spiro atoms. The van der Waals surface area contributed by atoms with Crippen LogP contribution < -0.4 is 0 Å². The summed E-state index contributed by atoms with van der Waals surface area (Å²) in [5.41, 5.74) is 0.235. The summed E-state index contributed by atoms with van der Waals surface area (Å²) in [5.74, 6) is 1.44. The van der Waals surface area contributed by atoms with Gasteiger partial charge in [-0.3, -0.25) is 4.79 Å². The zero-order valence-electron chi connectivity index (χ0n) is 14.1. The van der Waals surface area contributed by atoms with Crippen LogP contribution >= 0.6 is 22.6 Å². The maximum atomic E-state index is 13.0. The third kappa shape index (κ3) is 3.59. The predicted molar refractivity (Wildman–Crippen MR) is 96.5 cm³/mol. The highest BCUT2D eigenvalue weighted by Gasteiger charge is 2.46. The van der Waals surface area contributed by atoms with E-state index < -0.39 is 0 Å². The Morgan fingerprint density at radius 3 is 2.00 bits per heavy atom. The fourth-order valence-corrected chi connectivity index (χ4v) is 4.82. The first-order valence-electron chi connectivity index (χ1n) is 8.58. The lowest BCUT2D eigenvalue weighted by Gasteiger charge is -2.47. The Kier molecular flexibility index (Phi) is 7.01. The van der Waals surface area contributed by atoms with E-state index in [0.717, 1.165) is 25.2 Å². The second-order valence-corrected chi connectivity index (χ2v) is 9.29. The standard InChI is InChI=1S/C18H33IO/c1-6-17(5,19)16(20)14(4)18(7-2,8-3)15-12-10-9-11-13-15/h14-15H,6-13H2,1-5H3/t14-,17?/m1/s1. The van der Waals surface area contributed by atoms with Crippen molar-refractivity contribution < 1.29 is 4.79 Å². The van der Waals surface area contributed by atoms with Crippen LogP contribution in [0.3, 0.4) is 0 Å². The van der Waals surface area contributed by atoms with Gasteiger partial charge in [-0.05, 0) is 50.4 Å². The quantitative estimate of drug-likeness (QED) is 0.373. The van der Waals surface area contributed by atoms with Crippen LogP contribution in [-0.4, -0.2) is 9.20 Å². The van der Waals surface area contributed by atoms with Crippen LogP contribution in [0.2, 0.25) is 0 Å². The van der Waals surface area contributed by atoms with Crippen molar-refractivity contribution in [2.24, 2.45) is 17.3 Å². The summed E-state index contributed by atoms with van der Waals surface area (Å²) >= 11 is 2.37. The van der Waals surface area contributed by atoms with Gasteiger partial charge in [-0.15, -0.1) is 0 Å². The van der Waals surface area contributed by atoms with Crippen molar-refractivity contribution in [1.82, 2.24) is 0 Å². The normalized spacial score (nSPS) is 22.3. The number of hydrogen-bond donors (Lipinski definition) is 0. The van der Waals surface area contributed by atoms with Crippen LogP contribution in [0.15, 0.2) is 0 Å². The number of carbonyl (C=O) groups is 1. The number of rotatable bonds is 7. The molecule has 0 heterocycles. The first-order valence-corrected chi connectivity index (χ1v) is 9.66. The van der Waals surface area contributed by atoms with Gasteiger partial charge in [0.1, 0.15) is 0 Å². The van der Waals surface area contributed by atoms with Gasteiger partial charge in [0, 0.05) is 5.92 Å². The molecule has 0 radical (unpaired) electrons. The summed E-state index contributed by atoms with van der Waals surface area (Å²) in [6.07, 6.45) is 10.0. The van der Waals surface area contributed by atoms with Crippen molar-refractivity contribution in [3.8, 4) is 0 Å². The average Bonchev–Trinajstić information content (AvgIpc) is 2.49. The molecular formula is C18H33IO. The molecule has 1 aliphatic carbocycles. The van der Waals surface area contributed by atoms with E-state index in [-0.39, 0.29) is 14.8 Å². The highest BCUT2D eigenvalue weighted by molar-refractivity contribution is 14.1. The van der Waals surface area contributed by atoms with Crippen LogP contribution in [0.25, 0.3) is 0 Å². The molecule has 1 nitrogen and oxygen atoms in total. The Labute approximate surface area is 139 Å². The number of carbonyl (C=O) groups excluding carboxylic acids is 1. The molecule has 1 aliphatic rings. The van der Waals surface area contributed by atoms with E-state index in [2.05, 4.69) is 57.2 Å². The summed E-state index contributed by atoms with van der Waals surface area (Å²) in [6, 6.07) is 0. The number of halogens is 1. The Morgan fingerprint density at radius 1 is 1.10 bits per heavy atom. The van der Waals surface area contributed by atoms with Gasteiger partial charge in [0.15, 0.2) is 5.78 Å². The lowest BCUT2D eigenvalue weighted by atomic mass is 9.58. The minimum Gasteiger partial charge on any atom is -0.298 e. The molecule has 0 amide bonds. The molecule has 1 unspecified atom stereocenters. The van der Waals surface area contributed by atoms with E-state index in [1.807, 2.05) is 0 Å². The van der Waals surface area contributed by atoms with Crippen molar-refractivity contribution in [1.29, 1.82) is 0 Å². The first-order chi connectivity index (χ1) is 9.35. The Bertz CT molecular complexity index is 311. The predicted octanol–water partition coefficient (Wildman–Crippen LogP) is 6.18. The second kappa shape index (κ2) is 7.60. The van der Waals surface area contributed by atoms with E-state index in [4.69, 9.17) is 0 Å². The van der Waals surface area contributed by atoms with Gasteiger partial charge >= 0.3 is 0 Å². The van der Waals surface area contributed by atoms with Crippen molar-refractivity contribution >= 4 is 28.4 Å². The molecule has 118 valence electrons. The van der Waals surface area contributed by atoms with E-state index >= 15 is 0 Å². The minimum absolute atomic E-state index is 0.193. The Hall–Kier alpha value is 0.400. The highest BCUT2D eigenvalue weighted by Crippen LogP contribution is 2.50. The van der Waals surface area contributed by atoms with Crippen molar-refractivity contribution in [2.75, 3.05) is 0 Å². The number of ketones is 1. The van der Waals surface area contributed by atoms with Crippen molar-refractivity contribution in [2.45, 2.75) is 89.4 Å². The number of Topliss-reactive ketones (excluding diaryl/α,β-unsaturated/α-hetero) is 1. The minimum atomic E-state index is -0.193. The van der Waals surface area contributed by atoms with Gasteiger partial charge in [-0.25, -0.2) is 0 Å². The molecule has 1 rings (SSSR count). The third-order valence-electron chi connectivity index (χ3n) is 6.17. The molecule has 0 aromatic carbocycles. The zero-order chi connectivity index (χ0) is 15.4. The molecule has 0 aliphatic heterocycles. The van der Waals surface area contributed by atoms with Gasteiger partial charge in [-0.1, -0.05) is 69.5 Å². The average molecular weight is 392 g/mol. The summed E-state index contributed by atoms with van der Waals surface area (Å²) in [7, 11) is 0. The fourth-order valence-electron chi connectivity index (χ4n) is 4.36. The Morgan fingerprint density at radius 2 is 1.60 bits per heavy atom. The molecule has 0 N–H and O–H groups in total. The molecule has 0 saturated heterocycles. The summed E-state index contributed by atoms with van der Waals surface area (Å²) in [6.45, 7) is 11.1. The number of alkyl halides is 1. The van der Waals surface area contributed by atoms with Crippen molar-refractivity contribution in [3.05, 3.63) is 0 Å². The smallest absolute Gasteiger partial charge is 0.151 e. The molecule has 0 bridgehead atoms. The molecule has 0 aromatic heterocycles. The van der Waals surface area contributed by atoms with Crippen LogP contribution in [0.4, 0.5) is 0 Å². The lowest BCUT2D eigenvalue weighted by molar-refractivity contribution is -0.131. The van der Waals surface area contributed by atoms with Crippen LogP contribution in [-0.2, 0) is 4.79 Å². The maximum absolute atomic E-state index is 13.0. The SMILES string of the molecule is CCC(C)(I)C(=O)[C@@H](C)C(CC)(CC)C1CCCCC1. The molecule has 2 heteroatoms. The monoisotopic (exact) mass is 392 g/mol. The summed E-state index contributed by atoms with van der Waals surface area (Å²) in [4.78, 5) is 13.0. The van der Waals surface area contributed by atoms with Gasteiger partial charge in [0.05, 0.1) is 3.42 Å². The molecule has 0 aromatic rings. The highest BCUT2D eigenvalue weighted by atomic mass is 127. The fraction of sp³-hybridized carbons (Fsp3) is 0.944. The zero-order valence-corrected chi connectivity index (χ0v) is 16.3. The van der Waals surface area contributed by atoms with Gasteiger partial charge in [-0.2, -0.15) is 0 Å². The molecule has 1 saturated carbocycles. The first kappa shape index (κ1) is 18.4.